The molecular formula is C3H9AlCl2. The minimum absolute atomic E-state index is 0. The molecule has 0 aromatic heterocycles. The van der Waals surface area contributed by atoms with E-state index in [1.165, 1.54) is 0 Å². The smallest absolute Gasteiger partial charge is 0.105 e. The third-order valence-corrected chi connectivity index (χ3v) is 0.926. The number of hydrogen-bond acceptors (Lipinski definition) is 0. The Morgan fingerprint density at radius 2 is 1.67 bits per heavy atom. The van der Waals surface area contributed by atoms with Crippen molar-refractivity contribution in [1.29, 1.82) is 0 Å². The van der Waals surface area contributed by atoms with Crippen LogP contribution in [0.5, 0.6) is 0 Å². The minimum Gasteiger partial charge on any atom is -0.105 e. The lowest BCUT2D eigenvalue weighted by Crippen LogP contribution is -1.75. The monoisotopic (exact) mass is 142 g/mol. The Kier molecular flexibility index (Phi) is 10.4. The molecule has 0 unspecified atom stereocenters. The highest BCUT2D eigenvalue weighted by molar-refractivity contribution is 6.44. The maximum Gasteiger partial charge on any atom is 0.187 e. The van der Waals surface area contributed by atoms with E-state index in [2.05, 4.69) is 0 Å². The van der Waals surface area contributed by atoms with E-state index >= 15 is 0 Å². The molecular weight excluding hydrogens is 134 g/mol. The Hall–Kier alpha value is 1.11. The van der Waals surface area contributed by atoms with Crippen molar-refractivity contribution in [2.75, 3.05) is 0 Å². The molecule has 0 radical (unpaired) electrons. The van der Waals surface area contributed by atoms with Crippen LogP contribution in [0.25, 0.3) is 0 Å². The van der Waals surface area contributed by atoms with Gasteiger partial charge in [-0.15, -0.1) is 23.2 Å². The van der Waals surface area contributed by atoms with Gasteiger partial charge in [-0.1, -0.05) is 6.92 Å². The molecule has 0 fully saturated rings. The van der Waals surface area contributed by atoms with Crippen LogP contribution in [0.15, 0.2) is 0 Å². The molecule has 0 aliphatic carbocycles. The molecule has 0 N–H and O–H groups in total. The average Bonchev–Trinajstić information content (AvgIpc) is 1.38. The Balaban J connectivity index is 0. The van der Waals surface area contributed by atoms with E-state index in [0.29, 0.717) is 0 Å². The van der Waals surface area contributed by atoms with Crippen molar-refractivity contribution in [2.45, 2.75) is 18.2 Å². The first-order valence-electron chi connectivity index (χ1n) is 1.55. The first kappa shape index (κ1) is 10.2. The van der Waals surface area contributed by atoms with Gasteiger partial charge in [-0.25, -0.2) is 0 Å². The summed E-state index contributed by atoms with van der Waals surface area (Å²) in [6, 6.07) is 0. The summed E-state index contributed by atoms with van der Waals surface area (Å²) in [6.45, 7) is 1.94. The zero-order chi connectivity index (χ0) is 4.28. The summed E-state index contributed by atoms with van der Waals surface area (Å²) in [4.78, 5) is -0.171. The highest BCUT2D eigenvalue weighted by Gasteiger charge is 1.86. The van der Waals surface area contributed by atoms with Crippen molar-refractivity contribution in [3.8, 4) is 0 Å². The van der Waals surface area contributed by atoms with Gasteiger partial charge >= 0.3 is 0 Å². The molecule has 0 bridgehead atoms. The largest absolute Gasteiger partial charge is 0.187 e. The normalized spacial score (nSPS) is 8.00. The second kappa shape index (κ2) is 6.11. The highest BCUT2D eigenvalue weighted by Crippen LogP contribution is 2.03. The van der Waals surface area contributed by atoms with E-state index in [4.69, 9.17) is 23.2 Å². The van der Waals surface area contributed by atoms with Gasteiger partial charge in [0.1, 0.15) is 4.84 Å². The lowest BCUT2D eigenvalue weighted by Gasteiger charge is -1.84. The topological polar surface area (TPSA) is 0 Å². The van der Waals surface area contributed by atoms with Gasteiger partial charge in [-0.05, 0) is 6.42 Å². The molecule has 0 spiro atoms. The maximum absolute atomic E-state index is 5.23. The average molecular weight is 143 g/mol. The zero-order valence-corrected chi connectivity index (χ0v) is 4.55. The van der Waals surface area contributed by atoms with Gasteiger partial charge in [-0.2, -0.15) is 0 Å². The number of alkyl halides is 2. The third-order valence-electron chi connectivity index (χ3n) is 0.309. The van der Waals surface area contributed by atoms with Crippen molar-refractivity contribution < 1.29 is 0 Å². The molecule has 0 aromatic carbocycles. The van der Waals surface area contributed by atoms with E-state index in [9.17, 15) is 0 Å². The quantitative estimate of drug-likeness (QED) is 0.379. The van der Waals surface area contributed by atoms with Crippen LogP contribution in [0.1, 0.15) is 13.3 Å². The van der Waals surface area contributed by atoms with Crippen LogP contribution in [0.4, 0.5) is 0 Å². The van der Waals surface area contributed by atoms with Crippen molar-refractivity contribution in [1.82, 2.24) is 0 Å². The summed E-state index contributed by atoms with van der Waals surface area (Å²) in [5.41, 5.74) is 0. The number of hydrogen-bond donors (Lipinski definition) is 0. The fourth-order valence-electron chi connectivity index (χ4n) is 0. The van der Waals surface area contributed by atoms with E-state index < -0.39 is 0 Å². The molecule has 0 atom stereocenters. The van der Waals surface area contributed by atoms with Crippen LogP contribution in [0.3, 0.4) is 0 Å². The van der Waals surface area contributed by atoms with Crippen molar-refractivity contribution in [3.63, 3.8) is 0 Å². The summed E-state index contributed by atoms with van der Waals surface area (Å²) in [6.07, 6.45) is 0.836. The van der Waals surface area contributed by atoms with Gasteiger partial charge < -0.3 is 0 Å². The van der Waals surface area contributed by atoms with Crippen molar-refractivity contribution >= 4 is 40.6 Å². The number of halogens is 2. The SMILES string of the molecule is CCC(Cl)Cl.[AlH3]. The van der Waals surface area contributed by atoms with E-state index in [-0.39, 0.29) is 22.2 Å². The van der Waals surface area contributed by atoms with Gasteiger partial charge in [0.2, 0.25) is 0 Å². The molecule has 0 amide bonds. The van der Waals surface area contributed by atoms with Crippen LogP contribution in [-0.2, 0) is 0 Å². The molecule has 0 rings (SSSR count). The second-order valence-electron chi connectivity index (χ2n) is 0.799. The fourth-order valence-corrected chi connectivity index (χ4v) is 0. The molecule has 0 aromatic rings. The lowest BCUT2D eigenvalue weighted by atomic mass is 10.6. The highest BCUT2D eigenvalue weighted by atomic mass is 35.5. The summed E-state index contributed by atoms with van der Waals surface area (Å²) < 4.78 is 0. The van der Waals surface area contributed by atoms with E-state index in [1.54, 1.807) is 0 Å². The molecule has 0 aliphatic rings. The Morgan fingerprint density at radius 1 is 1.50 bits per heavy atom. The fraction of sp³-hybridized carbons (Fsp3) is 1.00. The molecule has 0 saturated heterocycles. The number of rotatable bonds is 1. The molecule has 0 saturated carbocycles. The predicted molar refractivity (Wildman–Crippen MR) is 35.7 cm³/mol. The minimum atomic E-state index is -0.171. The van der Waals surface area contributed by atoms with E-state index in [1.807, 2.05) is 6.92 Å². The van der Waals surface area contributed by atoms with Crippen LogP contribution in [0.2, 0.25) is 0 Å². The Morgan fingerprint density at radius 3 is 1.67 bits per heavy atom. The van der Waals surface area contributed by atoms with E-state index in [0.717, 1.165) is 6.42 Å². The molecule has 6 heavy (non-hydrogen) atoms. The standard InChI is InChI=1S/C3H6Cl2.Al.3H/c1-2-3(4)5;;;;/h3H,2H2,1H3;;;;. The van der Waals surface area contributed by atoms with Crippen LogP contribution in [-0.4, -0.2) is 22.2 Å². The van der Waals surface area contributed by atoms with Gasteiger partial charge in [0.25, 0.3) is 0 Å². The van der Waals surface area contributed by atoms with Gasteiger partial charge in [-0.3, -0.25) is 0 Å². The van der Waals surface area contributed by atoms with Crippen molar-refractivity contribution in [2.24, 2.45) is 0 Å². The van der Waals surface area contributed by atoms with Gasteiger partial charge in [0.15, 0.2) is 17.4 Å². The van der Waals surface area contributed by atoms with Crippen molar-refractivity contribution in [3.05, 3.63) is 0 Å². The van der Waals surface area contributed by atoms with Gasteiger partial charge in [0, 0.05) is 0 Å². The lowest BCUT2D eigenvalue weighted by molar-refractivity contribution is 1.04. The summed E-state index contributed by atoms with van der Waals surface area (Å²) >= 11 is 10.5. The van der Waals surface area contributed by atoms with Gasteiger partial charge in [0.05, 0.1) is 0 Å². The predicted octanol–water partition coefficient (Wildman–Crippen LogP) is 1.02. The maximum atomic E-state index is 5.23. The summed E-state index contributed by atoms with van der Waals surface area (Å²) in [5, 5.41) is 0. The Bertz CT molecular complexity index is 22.8. The van der Waals surface area contributed by atoms with Crippen LogP contribution < -0.4 is 0 Å². The second-order valence-corrected chi connectivity index (χ2v) is 2.08. The first-order chi connectivity index (χ1) is 2.27. The zero-order valence-electron chi connectivity index (χ0n) is 3.04. The molecule has 38 valence electrons. The first-order valence-corrected chi connectivity index (χ1v) is 2.42. The molecule has 0 aliphatic heterocycles. The Labute approximate surface area is 58.9 Å². The van der Waals surface area contributed by atoms with Crippen LogP contribution in [0, 0.1) is 0 Å². The summed E-state index contributed by atoms with van der Waals surface area (Å²) in [7, 11) is 0. The molecule has 3 heteroatoms. The van der Waals surface area contributed by atoms with Crippen LogP contribution >= 0.6 is 23.2 Å². The summed E-state index contributed by atoms with van der Waals surface area (Å²) in [5.74, 6) is 0. The molecule has 0 heterocycles. The molecule has 0 nitrogen and oxygen atoms in total. The third kappa shape index (κ3) is 8.93.